The van der Waals surface area contributed by atoms with Gasteiger partial charge in [-0.2, -0.15) is 0 Å². The lowest BCUT2D eigenvalue weighted by Crippen LogP contribution is -2.54. The molecule has 224 valence electrons. The highest BCUT2D eigenvalue weighted by atomic mass is 35.5. The minimum absolute atomic E-state index is 0.00888. The zero-order chi connectivity index (χ0) is 31.0. The molecular weight excluding hydrogens is 589 g/mol. The normalized spacial score (nSPS) is 12.0. The molecule has 1 unspecified atom stereocenters. The van der Waals surface area contributed by atoms with E-state index in [4.69, 9.17) is 11.6 Å². The van der Waals surface area contributed by atoms with Crippen LogP contribution >= 0.6 is 11.6 Å². The number of carbonyl (C=O) groups excluding carboxylic acids is 2. The summed E-state index contributed by atoms with van der Waals surface area (Å²) < 4.78 is 42.5. The van der Waals surface area contributed by atoms with Crippen molar-refractivity contribution < 1.29 is 22.4 Å². The molecule has 7 nitrogen and oxygen atoms in total. The number of carbonyl (C=O) groups is 2. The van der Waals surface area contributed by atoms with Crippen LogP contribution in [0.25, 0.3) is 0 Å². The SMILES string of the molecule is CC(C)NC(=O)C(Cc1ccccc1)N(Cc1cccc(Cl)c1)C(=O)CN(c1ccc(F)cc1)S(=O)(=O)c1ccccc1. The molecule has 0 saturated heterocycles. The smallest absolute Gasteiger partial charge is 0.264 e. The molecule has 0 heterocycles. The van der Waals surface area contributed by atoms with E-state index in [0.717, 1.165) is 22.0 Å². The first kappa shape index (κ1) is 31.7. The van der Waals surface area contributed by atoms with Gasteiger partial charge in [0.25, 0.3) is 10.0 Å². The molecule has 4 aromatic carbocycles. The van der Waals surface area contributed by atoms with Crippen LogP contribution < -0.4 is 9.62 Å². The van der Waals surface area contributed by atoms with E-state index in [9.17, 15) is 22.4 Å². The number of hydrogen-bond acceptors (Lipinski definition) is 4. The average molecular weight is 622 g/mol. The number of nitrogens with one attached hydrogen (secondary N) is 1. The van der Waals surface area contributed by atoms with Crippen molar-refractivity contribution in [2.45, 2.75) is 43.8 Å². The summed E-state index contributed by atoms with van der Waals surface area (Å²) in [7, 11) is -4.26. The first-order valence-electron chi connectivity index (χ1n) is 13.8. The van der Waals surface area contributed by atoms with Crippen molar-refractivity contribution in [1.29, 1.82) is 0 Å². The van der Waals surface area contributed by atoms with Gasteiger partial charge in [-0.1, -0.05) is 72.3 Å². The highest BCUT2D eigenvalue weighted by Crippen LogP contribution is 2.25. The molecule has 0 spiro atoms. The van der Waals surface area contributed by atoms with Gasteiger partial charge in [-0.3, -0.25) is 13.9 Å². The zero-order valence-corrected chi connectivity index (χ0v) is 25.4. The Morgan fingerprint density at radius 2 is 1.44 bits per heavy atom. The van der Waals surface area contributed by atoms with Gasteiger partial charge >= 0.3 is 0 Å². The Balaban J connectivity index is 1.79. The fraction of sp³-hybridized carbons (Fsp3) is 0.212. The van der Waals surface area contributed by atoms with E-state index in [1.807, 2.05) is 44.2 Å². The van der Waals surface area contributed by atoms with Gasteiger partial charge in [-0.25, -0.2) is 12.8 Å². The zero-order valence-electron chi connectivity index (χ0n) is 23.9. The third-order valence-electron chi connectivity index (χ3n) is 6.67. The summed E-state index contributed by atoms with van der Waals surface area (Å²) in [6.07, 6.45) is 0.188. The number of benzene rings is 4. The number of nitrogens with zero attached hydrogens (tertiary/aromatic N) is 2. The Labute approximate surface area is 257 Å². The van der Waals surface area contributed by atoms with Gasteiger partial charge in [0.1, 0.15) is 18.4 Å². The van der Waals surface area contributed by atoms with Gasteiger partial charge in [0.15, 0.2) is 0 Å². The Morgan fingerprint density at radius 1 is 0.837 bits per heavy atom. The Morgan fingerprint density at radius 3 is 2.05 bits per heavy atom. The molecule has 0 fully saturated rings. The third-order valence-corrected chi connectivity index (χ3v) is 8.69. The van der Waals surface area contributed by atoms with E-state index < -0.39 is 34.3 Å². The van der Waals surface area contributed by atoms with Crippen molar-refractivity contribution in [3.63, 3.8) is 0 Å². The second kappa shape index (κ2) is 14.3. The second-order valence-corrected chi connectivity index (χ2v) is 12.6. The molecule has 1 atom stereocenters. The molecule has 1 N–H and O–H groups in total. The second-order valence-electron chi connectivity index (χ2n) is 10.3. The molecule has 4 rings (SSSR count). The number of hydrogen-bond donors (Lipinski definition) is 1. The maximum atomic E-state index is 14.3. The largest absolute Gasteiger partial charge is 0.352 e. The van der Waals surface area contributed by atoms with E-state index in [-0.39, 0.29) is 35.5 Å². The van der Waals surface area contributed by atoms with Gasteiger partial charge in [-0.05, 0) is 73.5 Å². The number of rotatable bonds is 12. The lowest BCUT2D eigenvalue weighted by molar-refractivity contribution is -0.140. The molecule has 0 aliphatic rings. The van der Waals surface area contributed by atoms with Gasteiger partial charge in [0, 0.05) is 24.0 Å². The Bertz CT molecular complexity index is 1640. The summed E-state index contributed by atoms with van der Waals surface area (Å²) in [6, 6.07) is 27.6. The molecule has 0 bridgehead atoms. The van der Waals surface area contributed by atoms with E-state index in [1.165, 1.54) is 29.2 Å². The summed E-state index contributed by atoms with van der Waals surface area (Å²) in [5.41, 5.74) is 1.59. The predicted octanol–water partition coefficient (Wildman–Crippen LogP) is 5.84. The van der Waals surface area contributed by atoms with Crippen LogP contribution in [0.2, 0.25) is 5.02 Å². The molecule has 2 amide bonds. The van der Waals surface area contributed by atoms with Gasteiger partial charge in [0.05, 0.1) is 10.6 Å². The van der Waals surface area contributed by atoms with Crippen LogP contribution in [0.1, 0.15) is 25.0 Å². The molecular formula is C33H33ClFN3O4S. The lowest BCUT2D eigenvalue weighted by atomic mass is 10.0. The fourth-order valence-electron chi connectivity index (χ4n) is 4.62. The van der Waals surface area contributed by atoms with Crippen molar-refractivity contribution in [1.82, 2.24) is 10.2 Å². The molecule has 4 aromatic rings. The Hall–Kier alpha value is -4.21. The average Bonchev–Trinajstić information content (AvgIpc) is 2.98. The molecule has 10 heteroatoms. The molecule has 43 heavy (non-hydrogen) atoms. The van der Waals surface area contributed by atoms with E-state index in [0.29, 0.717) is 10.6 Å². The summed E-state index contributed by atoms with van der Waals surface area (Å²) >= 11 is 6.25. The van der Waals surface area contributed by atoms with Crippen LogP contribution in [-0.2, 0) is 32.6 Å². The van der Waals surface area contributed by atoms with E-state index in [1.54, 1.807) is 42.5 Å². The van der Waals surface area contributed by atoms with Crippen LogP contribution in [0.4, 0.5) is 10.1 Å². The summed E-state index contributed by atoms with van der Waals surface area (Å²) in [5, 5.41) is 3.36. The van der Waals surface area contributed by atoms with Gasteiger partial charge < -0.3 is 10.2 Å². The number of halogens is 2. The first-order valence-corrected chi connectivity index (χ1v) is 15.6. The van der Waals surface area contributed by atoms with Crippen LogP contribution in [0.15, 0.2) is 114 Å². The topological polar surface area (TPSA) is 86.8 Å². The van der Waals surface area contributed by atoms with E-state index >= 15 is 0 Å². The summed E-state index contributed by atoms with van der Waals surface area (Å²) in [4.78, 5) is 29.3. The highest BCUT2D eigenvalue weighted by Gasteiger charge is 2.34. The number of sulfonamides is 1. The standard InChI is InChI=1S/C33H33ClFN3O4S/c1-24(2)36-33(40)31(21-25-10-5-3-6-11-25)37(22-26-12-9-13-27(34)20-26)32(39)23-38(29-18-16-28(35)17-19-29)43(41,42)30-14-7-4-8-15-30/h3-20,24,31H,21-23H2,1-2H3,(H,36,40). The van der Waals surface area contributed by atoms with Crippen LogP contribution in [0.3, 0.4) is 0 Å². The van der Waals surface area contributed by atoms with E-state index in [2.05, 4.69) is 5.32 Å². The van der Waals surface area contributed by atoms with Crippen molar-refractivity contribution in [3.05, 3.63) is 131 Å². The molecule has 0 aliphatic carbocycles. The maximum Gasteiger partial charge on any atom is 0.264 e. The maximum absolute atomic E-state index is 14.3. The molecule has 0 aliphatic heterocycles. The van der Waals surface area contributed by atoms with Gasteiger partial charge in [-0.15, -0.1) is 0 Å². The van der Waals surface area contributed by atoms with Crippen molar-refractivity contribution in [2.24, 2.45) is 0 Å². The molecule has 0 radical (unpaired) electrons. The van der Waals surface area contributed by atoms with Crippen LogP contribution in [0, 0.1) is 5.82 Å². The summed E-state index contributed by atoms with van der Waals surface area (Å²) in [5.74, 6) is -1.56. The lowest BCUT2D eigenvalue weighted by Gasteiger charge is -2.34. The number of amides is 2. The van der Waals surface area contributed by atoms with Crippen molar-refractivity contribution >= 4 is 39.1 Å². The first-order chi connectivity index (χ1) is 20.5. The minimum Gasteiger partial charge on any atom is -0.352 e. The number of anilines is 1. The van der Waals surface area contributed by atoms with Crippen LogP contribution in [-0.4, -0.2) is 43.8 Å². The highest BCUT2D eigenvalue weighted by molar-refractivity contribution is 7.92. The predicted molar refractivity (Wildman–Crippen MR) is 167 cm³/mol. The van der Waals surface area contributed by atoms with Gasteiger partial charge in [0.2, 0.25) is 11.8 Å². The van der Waals surface area contributed by atoms with Crippen LogP contribution in [0.5, 0.6) is 0 Å². The van der Waals surface area contributed by atoms with Crippen molar-refractivity contribution in [2.75, 3.05) is 10.8 Å². The minimum atomic E-state index is -4.26. The molecule has 0 saturated carbocycles. The third kappa shape index (κ3) is 8.43. The summed E-state index contributed by atoms with van der Waals surface area (Å²) in [6.45, 7) is 3.00. The fourth-order valence-corrected chi connectivity index (χ4v) is 6.27. The monoisotopic (exact) mass is 621 g/mol. The quantitative estimate of drug-likeness (QED) is 0.215. The molecule has 0 aromatic heterocycles. The Kier molecular flexibility index (Phi) is 10.6. The van der Waals surface area contributed by atoms with Crippen molar-refractivity contribution in [3.8, 4) is 0 Å².